The molecule has 0 saturated heterocycles. The van der Waals surface area contributed by atoms with E-state index in [4.69, 9.17) is 18.0 Å². The number of thiocarbonyl (C=S) groups is 1. The first-order chi connectivity index (χ1) is 8.90. The summed E-state index contributed by atoms with van der Waals surface area (Å²) < 4.78 is 2.76. The van der Waals surface area contributed by atoms with E-state index in [0.717, 1.165) is 32.8 Å². The van der Waals surface area contributed by atoms with Gasteiger partial charge in [-0.3, -0.25) is 4.68 Å². The third-order valence-electron chi connectivity index (χ3n) is 2.92. The molecule has 0 atom stereocenters. The van der Waals surface area contributed by atoms with Crippen molar-refractivity contribution in [1.82, 2.24) is 9.78 Å². The highest BCUT2D eigenvalue weighted by Crippen LogP contribution is 2.27. The van der Waals surface area contributed by atoms with Gasteiger partial charge in [-0.2, -0.15) is 5.10 Å². The van der Waals surface area contributed by atoms with E-state index in [9.17, 15) is 0 Å². The van der Waals surface area contributed by atoms with Crippen LogP contribution in [0.1, 0.15) is 16.8 Å². The Morgan fingerprint density at radius 3 is 2.74 bits per heavy atom. The first-order valence-corrected chi connectivity index (χ1v) is 6.97. The van der Waals surface area contributed by atoms with E-state index in [2.05, 4.69) is 26.3 Å². The number of nitrogens with one attached hydrogen (secondary N) is 1. The zero-order valence-electron chi connectivity index (χ0n) is 11.0. The largest absolute Gasteiger partial charge is 0.389 e. The maximum atomic E-state index is 5.78. The summed E-state index contributed by atoms with van der Waals surface area (Å²) in [6.45, 7) is 3.94. The summed E-state index contributed by atoms with van der Waals surface area (Å²) in [7, 11) is 1.87. The molecule has 1 aromatic carbocycles. The number of hydrogen-bond acceptors (Lipinski definition) is 3. The Morgan fingerprint density at radius 2 is 2.11 bits per heavy atom. The summed E-state index contributed by atoms with van der Waals surface area (Å²) >= 11 is 8.57. The molecule has 2 aromatic rings. The van der Waals surface area contributed by atoms with Gasteiger partial charge in [0.25, 0.3) is 0 Å². The van der Waals surface area contributed by atoms with Gasteiger partial charge in [-0.05, 0) is 31.5 Å². The number of nitrogens with zero attached hydrogens (tertiary/aromatic N) is 2. The highest BCUT2D eigenvalue weighted by Gasteiger charge is 2.16. The van der Waals surface area contributed by atoms with Crippen LogP contribution in [0.4, 0.5) is 11.5 Å². The molecule has 0 unspecified atom stereocenters. The normalized spacial score (nSPS) is 10.5. The highest BCUT2D eigenvalue weighted by molar-refractivity contribution is 9.10. The Hall–Kier alpha value is -1.40. The zero-order valence-corrected chi connectivity index (χ0v) is 13.4. The van der Waals surface area contributed by atoms with Crippen molar-refractivity contribution in [2.75, 3.05) is 5.32 Å². The second kappa shape index (κ2) is 5.30. The molecule has 0 aliphatic carbocycles. The summed E-state index contributed by atoms with van der Waals surface area (Å²) in [4.78, 5) is 0.348. The molecule has 2 rings (SSSR count). The molecular weight excluding hydrogens is 324 g/mol. The minimum Gasteiger partial charge on any atom is -0.389 e. The molecular formula is C13H15BrN4S. The number of benzene rings is 1. The van der Waals surface area contributed by atoms with Gasteiger partial charge >= 0.3 is 0 Å². The summed E-state index contributed by atoms with van der Waals surface area (Å²) in [5.74, 6) is 0.811. The van der Waals surface area contributed by atoms with Gasteiger partial charge in [-0.1, -0.05) is 34.2 Å². The lowest BCUT2D eigenvalue weighted by Gasteiger charge is -2.12. The number of halogens is 1. The number of aromatic nitrogens is 2. The lowest BCUT2D eigenvalue weighted by Crippen LogP contribution is -2.13. The van der Waals surface area contributed by atoms with Crippen molar-refractivity contribution in [3.05, 3.63) is 39.5 Å². The van der Waals surface area contributed by atoms with Crippen LogP contribution in [0.15, 0.2) is 22.7 Å². The van der Waals surface area contributed by atoms with Crippen molar-refractivity contribution in [2.24, 2.45) is 12.8 Å². The van der Waals surface area contributed by atoms with Crippen LogP contribution >= 0.6 is 28.1 Å². The number of hydrogen-bond donors (Lipinski definition) is 2. The Balaban J connectivity index is 2.49. The molecule has 0 aliphatic rings. The predicted molar refractivity (Wildman–Crippen MR) is 86.0 cm³/mol. The van der Waals surface area contributed by atoms with E-state index in [0.29, 0.717) is 4.99 Å². The first-order valence-electron chi connectivity index (χ1n) is 5.76. The third-order valence-corrected chi connectivity index (χ3v) is 3.62. The SMILES string of the molecule is Cc1ccc(Br)cc1Nc1c(C(N)=S)c(C)nn1C. The van der Waals surface area contributed by atoms with Gasteiger partial charge in [0.05, 0.1) is 11.3 Å². The molecule has 0 radical (unpaired) electrons. The van der Waals surface area contributed by atoms with Crippen molar-refractivity contribution in [2.45, 2.75) is 13.8 Å². The molecule has 1 heterocycles. The molecule has 6 heteroatoms. The van der Waals surface area contributed by atoms with Crippen LogP contribution in [0.3, 0.4) is 0 Å². The fraction of sp³-hybridized carbons (Fsp3) is 0.231. The van der Waals surface area contributed by atoms with E-state index in [1.165, 1.54) is 0 Å². The van der Waals surface area contributed by atoms with Gasteiger partial charge in [0.2, 0.25) is 0 Å². The van der Waals surface area contributed by atoms with Crippen LogP contribution in [-0.4, -0.2) is 14.8 Å². The molecule has 0 spiro atoms. The van der Waals surface area contributed by atoms with E-state index < -0.39 is 0 Å². The maximum absolute atomic E-state index is 5.78. The third kappa shape index (κ3) is 2.79. The number of anilines is 2. The van der Waals surface area contributed by atoms with Crippen LogP contribution < -0.4 is 11.1 Å². The molecule has 1 aromatic heterocycles. The van der Waals surface area contributed by atoms with Crippen LogP contribution in [0, 0.1) is 13.8 Å². The van der Waals surface area contributed by atoms with Crippen molar-refractivity contribution in [3.63, 3.8) is 0 Å². The average Bonchev–Trinajstić information content (AvgIpc) is 2.59. The molecule has 0 amide bonds. The Labute approximate surface area is 126 Å². The summed E-state index contributed by atoms with van der Waals surface area (Å²) in [6.07, 6.45) is 0. The van der Waals surface area contributed by atoms with Gasteiger partial charge in [-0.15, -0.1) is 0 Å². The lowest BCUT2D eigenvalue weighted by molar-refractivity contribution is 0.765. The summed E-state index contributed by atoms with van der Waals surface area (Å²) in [6, 6.07) is 6.06. The van der Waals surface area contributed by atoms with Crippen molar-refractivity contribution < 1.29 is 0 Å². The first kappa shape index (κ1) is 14.0. The monoisotopic (exact) mass is 338 g/mol. The van der Waals surface area contributed by atoms with Gasteiger partial charge < -0.3 is 11.1 Å². The van der Waals surface area contributed by atoms with Crippen LogP contribution in [0.2, 0.25) is 0 Å². The smallest absolute Gasteiger partial charge is 0.138 e. The molecule has 3 N–H and O–H groups in total. The number of rotatable bonds is 3. The standard InChI is InChI=1S/C13H15BrN4S/c1-7-4-5-9(14)6-10(7)16-13-11(12(15)19)8(2)17-18(13)3/h4-6,16H,1-3H3,(H2,15,19). The number of aryl methyl sites for hydroxylation is 3. The lowest BCUT2D eigenvalue weighted by atomic mass is 10.2. The van der Waals surface area contributed by atoms with Crippen LogP contribution in [0.25, 0.3) is 0 Å². The minimum atomic E-state index is 0.348. The van der Waals surface area contributed by atoms with Crippen molar-refractivity contribution in [1.29, 1.82) is 0 Å². The second-order valence-corrected chi connectivity index (χ2v) is 5.74. The average molecular weight is 339 g/mol. The van der Waals surface area contributed by atoms with Crippen molar-refractivity contribution >= 4 is 44.6 Å². The molecule has 0 fully saturated rings. The molecule has 4 nitrogen and oxygen atoms in total. The van der Waals surface area contributed by atoms with Crippen LogP contribution in [0.5, 0.6) is 0 Å². The minimum absolute atomic E-state index is 0.348. The van der Waals surface area contributed by atoms with E-state index >= 15 is 0 Å². The van der Waals surface area contributed by atoms with Crippen molar-refractivity contribution in [3.8, 4) is 0 Å². The molecule has 0 aliphatic heterocycles. The fourth-order valence-electron chi connectivity index (χ4n) is 1.95. The molecule has 0 saturated carbocycles. The van der Waals surface area contributed by atoms with Crippen LogP contribution in [-0.2, 0) is 7.05 Å². The molecule has 19 heavy (non-hydrogen) atoms. The topological polar surface area (TPSA) is 55.9 Å². The Morgan fingerprint density at radius 1 is 1.42 bits per heavy atom. The van der Waals surface area contributed by atoms with Gasteiger partial charge in [0.1, 0.15) is 10.8 Å². The zero-order chi connectivity index (χ0) is 14.2. The molecule has 0 bridgehead atoms. The van der Waals surface area contributed by atoms with E-state index in [1.807, 2.05) is 39.1 Å². The molecule has 100 valence electrons. The Bertz CT molecular complexity index is 648. The maximum Gasteiger partial charge on any atom is 0.138 e. The van der Waals surface area contributed by atoms with Gasteiger partial charge in [0.15, 0.2) is 0 Å². The van der Waals surface area contributed by atoms with E-state index in [1.54, 1.807) is 4.68 Å². The van der Waals surface area contributed by atoms with E-state index in [-0.39, 0.29) is 0 Å². The Kier molecular flexibility index (Phi) is 3.91. The second-order valence-electron chi connectivity index (χ2n) is 4.38. The summed E-state index contributed by atoms with van der Waals surface area (Å²) in [5.41, 5.74) is 9.52. The fourth-order valence-corrected chi connectivity index (χ4v) is 2.56. The summed E-state index contributed by atoms with van der Waals surface area (Å²) in [5, 5.41) is 7.71. The number of nitrogens with two attached hydrogens (primary N) is 1. The highest BCUT2D eigenvalue weighted by atomic mass is 79.9. The van der Waals surface area contributed by atoms with Gasteiger partial charge in [-0.25, -0.2) is 0 Å². The van der Waals surface area contributed by atoms with Gasteiger partial charge in [0, 0.05) is 17.2 Å². The quantitative estimate of drug-likeness (QED) is 0.844. The predicted octanol–water partition coefficient (Wildman–Crippen LogP) is 3.18.